The van der Waals surface area contributed by atoms with E-state index in [4.69, 9.17) is 15.2 Å². The predicted molar refractivity (Wildman–Crippen MR) is 144 cm³/mol. The summed E-state index contributed by atoms with van der Waals surface area (Å²) in [6.45, 7) is 10.7. The summed E-state index contributed by atoms with van der Waals surface area (Å²) in [7, 11) is 0. The number of nitrogens with zero attached hydrogens (tertiary/aromatic N) is 1. The summed E-state index contributed by atoms with van der Waals surface area (Å²) >= 11 is 0. The molecule has 5 rings (SSSR count). The van der Waals surface area contributed by atoms with Crippen LogP contribution >= 0.6 is 0 Å². The van der Waals surface area contributed by atoms with Gasteiger partial charge in [0.25, 0.3) is 0 Å². The minimum absolute atomic E-state index is 0.194. The predicted octanol–water partition coefficient (Wildman–Crippen LogP) is 5.77. The van der Waals surface area contributed by atoms with Gasteiger partial charge in [-0.2, -0.15) is 0 Å². The monoisotopic (exact) mass is 485 g/mol. The molecule has 2 heterocycles. The summed E-state index contributed by atoms with van der Waals surface area (Å²) in [6.07, 6.45) is 0.627. The molecule has 3 aromatic rings. The van der Waals surface area contributed by atoms with Crippen molar-refractivity contribution in [2.75, 3.05) is 23.3 Å². The van der Waals surface area contributed by atoms with E-state index in [1.807, 2.05) is 24.3 Å². The number of hydrogen-bond donors (Lipinski definition) is 2. The number of carbonyl (C=O) groups is 1. The van der Waals surface area contributed by atoms with Gasteiger partial charge in [-0.15, -0.1) is 0 Å². The second-order valence-corrected chi connectivity index (χ2v) is 10.0. The topological polar surface area (TPSA) is 76.8 Å². The van der Waals surface area contributed by atoms with Crippen LogP contribution in [-0.4, -0.2) is 25.0 Å². The normalized spacial score (nSPS) is 18.3. The van der Waals surface area contributed by atoms with Crippen molar-refractivity contribution >= 4 is 17.3 Å². The molecular weight excluding hydrogens is 450 g/mol. The first-order chi connectivity index (χ1) is 17.4. The number of amides is 1. The quantitative estimate of drug-likeness (QED) is 0.444. The number of hydrogen-bond acceptors (Lipinski definition) is 5. The molecule has 1 amide bonds. The number of anilines is 2. The Labute approximate surface area is 213 Å². The molecule has 1 spiro atoms. The van der Waals surface area contributed by atoms with Crippen molar-refractivity contribution < 1.29 is 14.3 Å². The minimum atomic E-state index is -0.766. The second kappa shape index (κ2) is 9.60. The lowest BCUT2D eigenvalue weighted by atomic mass is 9.77. The molecule has 2 aliphatic heterocycles. The average Bonchev–Trinajstić information content (AvgIpc) is 3.24. The van der Waals surface area contributed by atoms with Crippen LogP contribution in [0.5, 0.6) is 11.5 Å². The number of nitrogens with two attached hydrogens (primary N) is 1. The fourth-order valence-corrected chi connectivity index (χ4v) is 5.46. The number of fused-ring (bicyclic) bond motifs is 6. The van der Waals surface area contributed by atoms with E-state index >= 15 is 0 Å². The lowest BCUT2D eigenvalue weighted by Gasteiger charge is -2.38. The fraction of sp³-hybridized carbons (Fsp3) is 0.367. The van der Waals surface area contributed by atoms with Crippen molar-refractivity contribution in [3.8, 4) is 11.5 Å². The third-order valence-corrected chi connectivity index (χ3v) is 7.22. The molecule has 6 heteroatoms. The van der Waals surface area contributed by atoms with Crippen molar-refractivity contribution in [3.05, 3.63) is 82.9 Å². The molecular formula is C30H35N3O3. The van der Waals surface area contributed by atoms with Gasteiger partial charge >= 0.3 is 0 Å². The highest BCUT2D eigenvalue weighted by Crippen LogP contribution is 2.56. The van der Waals surface area contributed by atoms with E-state index in [1.165, 1.54) is 5.56 Å². The van der Waals surface area contributed by atoms with Crippen LogP contribution in [0, 0.1) is 5.92 Å². The van der Waals surface area contributed by atoms with Crippen LogP contribution in [0.3, 0.4) is 0 Å². The minimum Gasteiger partial charge on any atom is -0.456 e. The molecule has 36 heavy (non-hydrogen) atoms. The smallest absolute Gasteiger partial charge is 0.241 e. The average molecular weight is 486 g/mol. The van der Waals surface area contributed by atoms with E-state index in [0.717, 1.165) is 41.2 Å². The molecule has 3 N–H and O–H groups in total. The Kier molecular flexibility index (Phi) is 6.49. The van der Waals surface area contributed by atoms with Gasteiger partial charge in [0.05, 0.1) is 12.6 Å². The Morgan fingerprint density at radius 3 is 2.42 bits per heavy atom. The van der Waals surface area contributed by atoms with Gasteiger partial charge in [0.2, 0.25) is 5.91 Å². The molecule has 0 fully saturated rings. The van der Waals surface area contributed by atoms with E-state index in [2.05, 4.69) is 74.3 Å². The Hall–Kier alpha value is -3.35. The maximum atomic E-state index is 12.7. The Bertz CT molecular complexity index is 1280. The van der Waals surface area contributed by atoms with Crippen molar-refractivity contribution in [2.45, 2.75) is 52.4 Å². The lowest BCUT2D eigenvalue weighted by Crippen LogP contribution is -2.36. The largest absolute Gasteiger partial charge is 0.456 e. The molecule has 0 aliphatic carbocycles. The number of ether oxygens (including phenoxy) is 2. The first-order valence-electron chi connectivity index (χ1n) is 12.9. The summed E-state index contributed by atoms with van der Waals surface area (Å²) in [6, 6.07) is 20.0. The summed E-state index contributed by atoms with van der Waals surface area (Å²) in [5, 5.41) is 2.97. The molecule has 6 nitrogen and oxygen atoms in total. The zero-order valence-corrected chi connectivity index (χ0v) is 21.5. The van der Waals surface area contributed by atoms with Crippen molar-refractivity contribution in [1.82, 2.24) is 0 Å². The first-order valence-corrected chi connectivity index (χ1v) is 12.9. The number of rotatable bonds is 7. The Balaban J connectivity index is 1.60. The Morgan fingerprint density at radius 2 is 1.69 bits per heavy atom. The zero-order valence-electron chi connectivity index (χ0n) is 21.5. The van der Waals surface area contributed by atoms with E-state index < -0.39 is 11.6 Å². The van der Waals surface area contributed by atoms with Crippen LogP contribution in [0.25, 0.3) is 0 Å². The molecule has 1 unspecified atom stereocenters. The van der Waals surface area contributed by atoms with Gasteiger partial charge in [-0.3, -0.25) is 4.79 Å². The van der Waals surface area contributed by atoms with E-state index in [0.29, 0.717) is 30.4 Å². The van der Waals surface area contributed by atoms with Crippen LogP contribution in [-0.2, 0) is 21.7 Å². The second-order valence-electron chi connectivity index (χ2n) is 10.0. The van der Waals surface area contributed by atoms with Gasteiger partial charge < -0.3 is 25.4 Å². The maximum absolute atomic E-state index is 12.7. The Morgan fingerprint density at radius 1 is 1.00 bits per heavy atom. The third kappa shape index (κ3) is 4.04. The van der Waals surface area contributed by atoms with Crippen LogP contribution in [0.2, 0.25) is 0 Å². The molecule has 188 valence electrons. The van der Waals surface area contributed by atoms with E-state index in [1.54, 1.807) is 0 Å². The van der Waals surface area contributed by atoms with Crippen LogP contribution in [0.4, 0.5) is 11.4 Å². The van der Waals surface area contributed by atoms with Crippen LogP contribution < -0.4 is 20.7 Å². The molecule has 0 aromatic heterocycles. The van der Waals surface area contributed by atoms with Crippen LogP contribution in [0.1, 0.15) is 56.4 Å². The molecule has 2 atom stereocenters. The zero-order chi connectivity index (χ0) is 25.4. The highest BCUT2D eigenvalue weighted by molar-refractivity contribution is 5.95. The summed E-state index contributed by atoms with van der Waals surface area (Å²) in [5.74, 6) is 1.59. The summed E-state index contributed by atoms with van der Waals surface area (Å²) in [4.78, 5) is 15.0. The molecule has 0 radical (unpaired) electrons. The highest BCUT2D eigenvalue weighted by atomic mass is 16.5. The van der Waals surface area contributed by atoms with Gasteiger partial charge in [0, 0.05) is 47.7 Å². The van der Waals surface area contributed by atoms with Gasteiger partial charge in [0.15, 0.2) is 5.60 Å². The molecule has 3 aromatic carbocycles. The maximum Gasteiger partial charge on any atom is 0.241 e. The molecule has 0 saturated heterocycles. The van der Waals surface area contributed by atoms with Crippen LogP contribution in [0.15, 0.2) is 60.7 Å². The number of nitrogens with one attached hydrogen (secondary N) is 1. The summed E-state index contributed by atoms with van der Waals surface area (Å²) < 4.78 is 13.2. The number of carbonyl (C=O) groups excluding carboxylic acids is 1. The van der Waals surface area contributed by atoms with Crippen molar-refractivity contribution in [3.63, 3.8) is 0 Å². The lowest BCUT2D eigenvalue weighted by molar-refractivity contribution is -0.117. The highest BCUT2D eigenvalue weighted by Gasteiger charge is 2.49. The summed E-state index contributed by atoms with van der Waals surface area (Å²) in [5.41, 5.74) is 11.3. The van der Waals surface area contributed by atoms with Crippen molar-refractivity contribution in [1.29, 1.82) is 0 Å². The standard InChI is InChI=1S/C30H35N3O3/c1-5-33(6-2)22-12-14-25-28(17-22)36-27-16-21(32-29(34)26(31)15-19(3)4)11-13-24(27)30(25)23-10-8-7-9-20(23)18-35-30/h7-14,16-17,19,26H,5-6,15,18,31H2,1-4H3,(H,32,34)/t26-,30?/m0/s1. The first kappa shape index (κ1) is 24.3. The third-order valence-electron chi connectivity index (χ3n) is 7.22. The van der Waals surface area contributed by atoms with Gasteiger partial charge in [-0.1, -0.05) is 38.1 Å². The van der Waals surface area contributed by atoms with Gasteiger partial charge in [-0.25, -0.2) is 0 Å². The van der Waals surface area contributed by atoms with Crippen molar-refractivity contribution in [2.24, 2.45) is 11.7 Å². The van der Waals surface area contributed by atoms with E-state index in [-0.39, 0.29) is 5.91 Å². The molecule has 2 aliphatic rings. The number of benzene rings is 3. The fourth-order valence-electron chi connectivity index (χ4n) is 5.46. The van der Waals surface area contributed by atoms with Gasteiger partial charge in [-0.05, 0) is 61.6 Å². The van der Waals surface area contributed by atoms with Gasteiger partial charge in [0.1, 0.15) is 11.5 Å². The van der Waals surface area contributed by atoms with E-state index in [9.17, 15) is 4.79 Å². The SMILES string of the molecule is CCN(CC)c1ccc2c(c1)Oc1cc(NC(=O)[C@@H](N)CC(C)C)ccc1C21OCc2ccccc21. The molecule has 0 bridgehead atoms. The molecule has 0 saturated carbocycles.